The first-order valence-corrected chi connectivity index (χ1v) is 6.91. The first-order chi connectivity index (χ1) is 9.31. The summed E-state index contributed by atoms with van der Waals surface area (Å²) in [5, 5.41) is 7.03. The number of amides is 2. The molecule has 2 atom stereocenters. The Kier molecular flexibility index (Phi) is 3.83. The maximum atomic E-state index is 12.4. The Morgan fingerprint density at radius 3 is 2.55 bits per heavy atom. The number of hydrogen-bond donors (Lipinski definition) is 1. The predicted molar refractivity (Wildman–Crippen MR) is 74.7 cm³/mol. The lowest BCUT2D eigenvalue weighted by molar-refractivity contribution is -0.151. The normalized spacial score (nSPS) is 23.4. The van der Waals surface area contributed by atoms with Crippen molar-refractivity contribution in [2.75, 3.05) is 0 Å². The Labute approximate surface area is 119 Å². The molecule has 6 nitrogen and oxygen atoms in total. The molecule has 1 fully saturated rings. The van der Waals surface area contributed by atoms with Gasteiger partial charge in [-0.05, 0) is 25.8 Å². The standard InChI is InChI=1S/C14H22N4O2/c1-8(2)12-13(19)15-10(4)14(20)18(12)7-11-6-9(3)16-17(11)5/h6,8,10,12H,7H2,1-5H3,(H,15,19). The van der Waals surface area contributed by atoms with E-state index in [0.29, 0.717) is 6.54 Å². The van der Waals surface area contributed by atoms with E-state index in [2.05, 4.69) is 10.4 Å². The molecule has 6 heteroatoms. The Morgan fingerprint density at radius 1 is 1.40 bits per heavy atom. The van der Waals surface area contributed by atoms with Crippen molar-refractivity contribution in [2.24, 2.45) is 13.0 Å². The summed E-state index contributed by atoms with van der Waals surface area (Å²) in [4.78, 5) is 26.2. The molecule has 0 bridgehead atoms. The summed E-state index contributed by atoms with van der Waals surface area (Å²) >= 11 is 0. The van der Waals surface area contributed by atoms with Crippen molar-refractivity contribution in [1.82, 2.24) is 20.0 Å². The van der Waals surface area contributed by atoms with E-state index >= 15 is 0 Å². The van der Waals surface area contributed by atoms with Crippen LogP contribution in [-0.2, 0) is 23.2 Å². The number of carbonyl (C=O) groups excluding carboxylic acids is 2. The summed E-state index contributed by atoms with van der Waals surface area (Å²) in [5.41, 5.74) is 1.84. The van der Waals surface area contributed by atoms with Gasteiger partial charge < -0.3 is 10.2 Å². The highest BCUT2D eigenvalue weighted by Crippen LogP contribution is 2.20. The average molecular weight is 278 g/mol. The Hall–Kier alpha value is -1.85. The number of rotatable bonds is 3. The molecule has 2 amide bonds. The van der Waals surface area contributed by atoms with Crippen LogP contribution < -0.4 is 5.32 Å². The lowest BCUT2D eigenvalue weighted by Gasteiger charge is -2.39. The number of hydrogen-bond acceptors (Lipinski definition) is 3. The van der Waals surface area contributed by atoms with E-state index in [0.717, 1.165) is 11.4 Å². The van der Waals surface area contributed by atoms with Crippen LogP contribution in [0.2, 0.25) is 0 Å². The van der Waals surface area contributed by atoms with Gasteiger partial charge in [-0.3, -0.25) is 14.3 Å². The second-order valence-corrected chi connectivity index (χ2v) is 5.79. The zero-order chi connectivity index (χ0) is 15.0. The third-order valence-electron chi connectivity index (χ3n) is 3.68. The average Bonchev–Trinajstić information content (AvgIpc) is 2.64. The SMILES string of the molecule is Cc1cc(CN2C(=O)C(C)NC(=O)C2C(C)C)n(C)n1. The Balaban J connectivity index is 2.31. The summed E-state index contributed by atoms with van der Waals surface area (Å²) in [6, 6.07) is 1.06. The van der Waals surface area contributed by atoms with E-state index in [1.807, 2.05) is 33.9 Å². The van der Waals surface area contributed by atoms with Crippen LogP contribution in [0.25, 0.3) is 0 Å². The molecule has 1 aromatic heterocycles. The van der Waals surface area contributed by atoms with E-state index in [1.165, 1.54) is 0 Å². The maximum Gasteiger partial charge on any atom is 0.245 e. The highest BCUT2D eigenvalue weighted by molar-refractivity contribution is 5.96. The summed E-state index contributed by atoms with van der Waals surface area (Å²) in [7, 11) is 1.85. The molecule has 2 heterocycles. The van der Waals surface area contributed by atoms with E-state index in [-0.39, 0.29) is 17.7 Å². The monoisotopic (exact) mass is 278 g/mol. The van der Waals surface area contributed by atoms with Crippen LogP contribution in [0.5, 0.6) is 0 Å². The molecular weight excluding hydrogens is 256 g/mol. The number of piperazine rings is 1. The van der Waals surface area contributed by atoms with Gasteiger partial charge >= 0.3 is 0 Å². The molecule has 110 valence electrons. The topological polar surface area (TPSA) is 67.2 Å². The molecule has 1 saturated heterocycles. The largest absolute Gasteiger partial charge is 0.343 e. The van der Waals surface area contributed by atoms with Gasteiger partial charge in [0.2, 0.25) is 11.8 Å². The second-order valence-electron chi connectivity index (χ2n) is 5.79. The van der Waals surface area contributed by atoms with E-state index in [1.54, 1.807) is 16.5 Å². The molecule has 2 unspecified atom stereocenters. The van der Waals surface area contributed by atoms with Crippen LogP contribution in [0.3, 0.4) is 0 Å². The fraction of sp³-hybridized carbons (Fsp3) is 0.643. The molecule has 1 aromatic rings. The van der Waals surface area contributed by atoms with E-state index < -0.39 is 12.1 Å². The Morgan fingerprint density at radius 2 is 2.05 bits per heavy atom. The fourth-order valence-corrected chi connectivity index (χ4v) is 2.71. The smallest absolute Gasteiger partial charge is 0.245 e. The van der Waals surface area contributed by atoms with Crippen LogP contribution in [0.4, 0.5) is 0 Å². The number of nitrogens with one attached hydrogen (secondary N) is 1. The van der Waals surface area contributed by atoms with Gasteiger partial charge in [0.1, 0.15) is 12.1 Å². The highest BCUT2D eigenvalue weighted by atomic mass is 16.2. The van der Waals surface area contributed by atoms with Gasteiger partial charge in [0.05, 0.1) is 17.9 Å². The van der Waals surface area contributed by atoms with E-state index in [4.69, 9.17) is 0 Å². The molecule has 1 N–H and O–H groups in total. The first kappa shape index (κ1) is 14.6. The number of nitrogens with zero attached hydrogens (tertiary/aromatic N) is 3. The minimum atomic E-state index is -0.466. The van der Waals surface area contributed by atoms with Gasteiger partial charge in [0.25, 0.3) is 0 Å². The van der Waals surface area contributed by atoms with Gasteiger partial charge in [-0.2, -0.15) is 5.10 Å². The first-order valence-electron chi connectivity index (χ1n) is 6.91. The molecule has 0 saturated carbocycles. The summed E-state index contributed by atoms with van der Waals surface area (Å²) in [5.74, 6) is -0.0473. The van der Waals surface area contributed by atoms with Crippen LogP contribution >= 0.6 is 0 Å². The molecule has 1 aliphatic rings. The Bertz CT molecular complexity index is 535. The van der Waals surface area contributed by atoms with Crippen molar-refractivity contribution in [3.8, 4) is 0 Å². The molecule has 0 aromatic carbocycles. The molecule has 2 rings (SSSR count). The van der Waals surface area contributed by atoms with Crippen LogP contribution in [-0.4, -0.2) is 38.6 Å². The minimum Gasteiger partial charge on any atom is -0.343 e. The van der Waals surface area contributed by atoms with Crippen molar-refractivity contribution in [3.63, 3.8) is 0 Å². The van der Waals surface area contributed by atoms with Crippen LogP contribution in [0.15, 0.2) is 6.07 Å². The van der Waals surface area contributed by atoms with Gasteiger partial charge in [-0.15, -0.1) is 0 Å². The zero-order valence-corrected chi connectivity index (χ0v) is 12.7. The molecular formula is C14H22N4O2. The van der Waals surface area contributed by atoms with Crippen LogP contribution in [0.1, 0.15) is 32.2 Å². The van der Waals surface area contributed by atoms with Gasteiger partial charge in [-0.1, -0.05) is 13.8 Å². The molecule has 1 aliphatic heterocycles. The van der Waals surface area contributed by atoms with Gasteiger partial charge in [-0.25, -0.2) is 0 Å². The van der Waals surface area contributed by atoms with Crippen molar-refractivity contribution < 1.29 is 9.59 Å². The summed E-state index contributed by atoms with van der Waals surface area (Å²) < 4.78 is 1.76. The number of aryl methyl sites for hydroxylation is 2. The molecule has 0 radical (unpaired) electrons. The fourth-order valence-electron chi connectivity index (χ4n) is 2.71. The molecule has 0 aliphatic carbocycles. The maximum absolute atomic E-state index is 12.4. The van der Waals surface area contributed by atoms with Crippen molar-refractivity contribution in [1.29, 1.82) is 0 Å². The minimum absolute atomic E-state index is 0.0397. The number of carbonyl (C=O) groups is 2. The molecule has 0 spiro atoms. The van der Waals surface area contributed by atoms with Crippen molar-refractivity contribution in [2.45, 2.75) is 46.3 Å². The predicted octanol–water partition coefficient (Wildman–Crippen LogP) is 0.600. The van der Waals surface area contributed by atoms with Gasteiger partial charge in [0.15, 0.2) is 0 Å². The highest BCUT2D eigenvalue weighted by Gasteiger charge is 2.40. The van der Waals surface area contributed by atoms with E-state index in [9.17, 15) is 9.59 Å². The summed E-state index contributed by atoms with van der Waals surface area (Å²) in [6.07, 6.45) is 0. The third-order valence-corrected chi connectivity index (χ3v) is 3.68. The third kappa shape index (κ3) is 2.55. The second kappa shape index (κ2) is 5.26. The summed E-state index contributed by atoms with van der Waals surface area (Å²) in [6.45, 7) is 7.95. The molecule has 20 heavy (non-hydrogen) atoms. The van der Waals surface area contributed by atoms with Crippen LogP contribution in [0, 0.1) is 12.8 Å². The lowest BCUT2D eigenvalue weighted by Crippen LogP contribution is -2.63. The number of aromatic nitrogens is 2. The quantitative estimate of drug-likeness (QED) is 0.880. The van der Waals surface area contributed by atoms with Crippen molar-refractivity contribution in [3.05, 3.63) is 17.5 Å². The zero-order valence-electron chi connectivity index (χ0n) is 12.7. The lowest BCUT2D eigenvalue weighted by atomic mass is 9.97. The van der Waals surface area contributed by atoms with Crippen molar-refractivity contribution >= 4 is 11.8 Å². The van der Waals surface area contributed by atoms with Gasteiger partial charge in [0, 0.05) is 7.05 Å².